The van der Waals surface area contributed by atoms with Gasteiger partial charge in [0.1, 0.15) is 11.5 Å². The number of carbonyl (C=O) groups excluding carboxylic acids is 1. The number of ether oxygens (including phenoxy) is 2. The summed E-state index contributed by atoms with van der Waals surface area (Å²) in [6.07, 6.45) is 1.06. The van der Waals surface area contributed by atoms with Gasteiger partial charge < -0.3 is 14.8 Å². The summed E-state index contributed by atoms with van der Waals surface area (Å²) in [5, 5.41) is 2.87. The number of nitrogens with one attached hydrogen (secondary N) is 1. The van der Waals surface area contributed by atoms with Crippen LogP contribution in [0.3, 0.4) is 0 Å². The molecule has 0 spiro atoms. The lowest BCUT2D eigenvalue weighted by molar-refractivity contribution is 0.102. The van der Waals surface area contributed by atoms with Gasteiger partial charge in [-0.2, -0.15) is 0 Å². The van der Waals surface area contributed by atoms with Crippen LogP contribution in [-0.4, -0.2) is 18.6 Å². The zero-order chi connectivity index (χ0) is 16.7. The number of hydrogen-bond donors (Lipinski definition) is 1. The van der Waals surface area contributed by atoms with Crippen molar-refractivity contribution in [3.05, 3.63) is 54.1 Å². The van der Waals surface area contributed by atoms with Crippen molar-refractivity contribution in [2.24, 2.45) is 0 Å². The maximum atomic E-state index is 12.3. The average Bonchev–Trinajstić information content (AvgIpc) is 2.54. The lowest BCUT2D eigenvalue weighted by Crippen LogP contribution is -2.12. The van der Waals surface area contributed by atoms with Crippen LogP contribution in [0.1, 0.15) is 37.6 Å². The van der Waals surface area contributed by atoms with Gasteiger partial charge in [0, 0.05) is 11.3 Å². The first-order chi connectivity index (χ1) is 11.1. The van der Waals surface area contributed by atoms with E-state index in [4.69, 9.17) is 9.47 Å². The molecule has 0 heterocycles. The summed E-state index contributed by atoms with van der Waals surface area (Å²) >= 11 is 0. The number of anilines is 1. The van der Waals surface area contributed by atoms with E-state index in [0.29, 0.717) is 17.9 Å². The Morgan fingerprint density at radius 2 is 1.83 bits per heavy atom. The molecular weight excluding hydrogens is 290 g/mol. The lowest BCUT2D eigenvalue weighted by atomic mass is 10.2. The molecule has 0 fully saturated rings. The van der Waals surface area contributed by atoms with Crippen LogP contribution in [-0.2, 0) is 0 Å². The minimum Gasteiger partial charge on any atom is -0.494 e. The molecule has 0 unspecified atom stereocenters. The molecule has 0 aliphatic heterocycles. The fourth-order valence-corrected chi connectivity index (χ4v) is 2.04. The molecule has 1 N–H and O–H groups in total. The van der Waals surface area contributed by atoms with Gasteiger partial charge in [0.15, 0.2) is 0 Å². The van der Waals surface area contributed by atoms with Gasteiger partial charge in [-0.25, -0.2) is 0 Å². The second kappa shape index (κ2) is 8.22. The average molecular weight is 313 g/mol. The highest BCUT2D eigenvalue weighted by Gasteiger charge is 2.08. The summed E-state index contributed by atoms with van der Waals surface area (Å²) in [4.78, 5) is 12.3. The van der Waals surface area contributed by atoms with Crippen molar-refractivity contribution >= 4 is 11.6 Å². The normalized spacial score (nSPS) is 10.4. The molecule has 0 bridgehead atoms. The molecule has 1 amide bonds. The quantitative estimate of drug-likeness (QED) is 0.818. The fraction of sp³-hybridized carbons (Fsp3) is 0.316. The Bertz CT molecular complexity index is 635. The van der Waals surface area contributed by atoms with Crippen molar-refractivity contribution in [1.82, 2.24) is 0 Å². The predicted molar refractivity (Wildman–Crippen MR) is 92.4 cm³/mol. The van der Waals surface area contributed by atoms with Crippen LogP contribution in [0.5, 0.6) is 11.5 Å². The second-order valence-corrected chi connectivity index (χ2v) is 5.52. The summed E-state index contributed by atoms with van der Waals surface area (Å²) in [5.74, 6) is 1.33. The van der Waals surface area contributed by atoms with E-state index < -0.39 is 0 Å². The zero-order valence-corrected chi connectivity index (χ0v) is 13.8. The Labute approximate surface area is 137 Å². The van der Waals surface area contributed by atoms with E-state index in [-0.39, 0.29) is 12.0 Å². The topological polar surface area (TPSA) is 47.6 Å². The minimum absolute atomic E-state index is 0.126. The third-order valence-corrected chi connectivity index (χ3v) is 3.05. The molecule has 4 heteroatoms. The predicted octanol–water partition coefficient (Wildman–Crippen LogP) is 4.51. The maximum Gasteiger partial charge on any atom is 0.255 e. The molecule has 0 aromatic heterocycles. The van der Waals surface area contributed by atoms with Gasteiger partial charge in [-0.15, -0.1) is 0 Å². The van der Waals surface area contributed by atoms with E-state index in [9.17, 15) is 4.79 Å². The third-order valence-electron chi connectivity index (χ3n) is 3.05. The smallest absolute Gasteiger partial charge is 0.255 e. The Balaban J connectivity index is 2.01. The molecule has 122 valence electrons. The van der Waals surface area contributed by atoms with Gasteiger partial charge in [0.25, 0.3) is 5.91 Å². The van der Waals surface area contributed by atoms with Crippen molar-refractivity contribution in [3.8, 4) is 11.5 Å². The number of amides is 1. The lowest BCUT2D eigenvalue weighted by Gasteiger charge is -2.11. The molecule has 0 saturated heterocycles. The van der Waals surface area contributed by atoms with Crippen molar-refractivity contribution in [2.75, 3.05) is 11.9 Å². The standard InChI is InChI=1S/C19H23NO3/c1-4-12-22-18-7-5-6-15(13-18)19(21)20-16-8-10-17(11-9-16)23-14(2)3/h5-11,13-14H,4,12H2,1-3H3,(H,20,21). The summed E-state index contributed by atoms with van der Waals surface area (Å²) in [7, 11) is 0. The molecule has 0 aliphatic carbocycles. The third kappa shape index (κ3) is 5.33. The Morgan fingerprint density at radius 3 is 2.48 bits per heavy atom. The molecule has 23 heavy (non-hydrogen) atoms. The van der Waals surface area contributed by atoms with Crippen molar-refractivity contribution < 1.29 is 14.3 Å². The van der Waals surface area contributed by atoms with Crippen LogP contribution in [0.4, 0.5) is 5.69 Å². The van der Waals surface area contributed by atoms with Gasteiger partial charge in [-0.05, 0) is 62.7 Å². The van der Waals surface area contributed by atoms with Gasteiger partial charge >= 0.3 is 0 Å². The maximum absolute atomic E-state index is 12.3. The summed E-state index contributed by atoms with van der Waals surface area (Å²) in [5.41, 5.74) is 1.30. The SMILES string of the molecule is CCCOc1cccc(C(=O)Nc2ccc(OC(C)C)cc2)c1. The number of carbonyl (C=O) groups is 1. The highest BCUT2D eigenvalue weighted by molar-refractivity contribution is 6.04. The first kappa shape index (κ1) is 16.9. The van der Waals surface area contributed by atoms with Crippen LogP contribution >= 0.6 is 0 Å². The van der Waals surface area contributed by atoms with Gasteiger partial charge in [-0.3, -0.25) is 4.79 Å². The van der Waals surface area contributed by atoms with Crippen molar-refractivity contribution in [2.45, 2.75) is 33.3 Å². The summed E-state index contributed by atoms with van der Waals surface area (Å²) < 4.78 is 11.1. The molecule has 2 aromatic carbocycles. The van der Waals surface area contributed by atoms with E-state index in [1.165, 1.54) is 0 Å². The molecule has 0 saturated carbocycles. The van der Waals surface area contributed by atoms with E-state index >= 15 is 0 Å². The molecule has 0 atom stereocenters. The van der Waals surface area contributed by atoms with Crippen LogP contribution in [0, 0.1) is 0 Å². The Hall–Kier alpha value is -2.49. The van der Waals surface area contributed by atoms with Gasteiger partial charge in [-0.1, -0.05) is 13.0 Å². The van der Waals surface area contributed by atoms with E-state index in [1.54, 1.807) is 12.1 Å². The van der Waals surface area contributed by atoms with Crippen LogP contribution < -0.4 is 14.8 Å². The first-order valence-electron chi connectivity index (χ1n) is 7.89. The summed E-state index contributed by atoms with van der Waals surface area (Å²) in [6.45, 7) is 6.64. The summed E-state index contributed by atoms with van der Waals surface area (Å²) in [6, 6.07) is 14.5. The van der Waals surface area contributed by atoms with Gasteiger partial charge in [0.05, 0.1) is 12.7 Å². The highest BCUT2D eigenvalue weighted by atomic mass is 16.5. The zero-order valence-electron chi connectivity index (χ0n) is 13.8. The number of benzene rings is 2. The van der Waals surface area contributed by atoms with Crippen molar-refractivity contribution in [3.63, 3.8) is 0 Å². The van der Waals surface area contributed by atoms with Crippen molar-refractivity contribution in [1.29, 1.82) is 0 Å². The van der Waals surface area contributed by atoms with E-state index in [2.05, 4.69) is 5.32 Å². The highest BCUT2D eigenvalue weighted by Crippen LogP contribution is 2.19. The molecule has 4 nitrogen and oxygen atoms in total. The second-order valence-electron chi connectivity index (χ2n) is 5.52. The van der Waals surface area contributed by atoms with E-state index in [1.807, 2.05) is 57.2 Å². The molecule has 2 rings (SSSR count). The van der Waals surface area contributed by atoms with Crippen LogP contribution in [0.25, 0.3) is 0 Å². The minimum atomic E-state index is -0.163. The van der Waals surface area contributed by atoms with Crippen LogP contribution in [0.15, 0.2) is 48.5 Å². The van der Waals surface area contributed by atoms with Crippen LogP contribution in [0.2, 0.25) is 0 Å². The number of rotatable bonds is 7. The molecule has 0 aliphatic rings. The fourth-order valence-electron chi connectivity index (χ4n) is 2.04. The first-order valence-corrected chi connectivity index (χ1v) is 7.89. The Kier molecular flexibility index (Phi) is 6.03. The Morgan fingerprint density at radius 1 is 1.09 bits per heavy atom. The molecule has 2 aromatic rings. The molecule has 0 radical (unpaired) electrons. The monoisotopic (exact) mass is 313 g/mol. The molecular formula is C19H23NO3. The largest absolute Gasteiger partial charge is 0.494 e. The van der Waals surface area contributed by atoms with Gasteiger partial charge in [0.2, 0.25) is 0 Å². The number of hydrogen-bond acceptors (Lipinski definition) is 3. The van der Waals surface area contributed by atoms with E-state index in [0.717, 1.165) is 17.9 Å².